The third kappa shape index (κ3) is 8.24. The topological polar surface area (TPSA) is 73.9 Å². The van der Waals surface area contributed by atoms with Gasteiger partial charge in [-0.1, -0.05) is 11.6 Å². The molecule has 0 bridgehead atoms. The fourth-order valence-electron chi connectivity index (χ4n) is 2.02. The number of carbonyl (C=O) groups excluding carboxylic acids is 2. The van der Waals surface area contributed by atoms with Gasteiger partial charge in [-0.3, -0.25) is 4.79 Å². The minimum atomic E-state index is -4.75. The second-order valence-electron chi connectivity index (χ2n) is 5.79. The highest BCUT2D eigenvalue weighted by Crippen LogP contribution is 2.28. The van der Waals surface area contributed by atoms with Crippen molar-refractivity contribution >= 4 is 23.5 Å². The van der Waals surface area contributed by atoms with Crippen LogP contribution in [0.4, 0.5) is 26.3 Å². The highest BCUT2D eigenvalue weighted by molar-refractivity contribution is 6.30. The zero-order valence-corrected chi connectivity index (χ0v) is 15.9. The molecule has 0 fully saturated rings. The summed E-state index contributed by atoms with van der Waals surface area (Å²) in [5.74, 6) is -3.41. The van der Waals surface area contributed by atoms with Crippen molar-refractivity contribution in [1.29, 1.82) is 0 Å². The van der Waals surface area contributed by atoms with E-state index in [4.69, 9.17) is 11.6 Å². The molecule has 0 atom stereocenters. The van der Waals surface area contributed by atoms with Gasteiger partial charge in [0.2, 0.25) is 0 Å². The molecule has 13 heteroatoms. The molecule has 0 radical (unpaired) electrons. The standard InChI is InChI=1S/C18H12ClF6NO5/c19-11-3-1-10(2-4-11)16(28)31-26-15(27)13-7-12(29-8-17(20,21)22)5-6-14(13)30-9-18(23,24)25/h1-7H,8-9H2,(H,26,27). The molecule has 6 nitrogen and oxygen atoms in total. The van der Waals surface area contributed by atoms with Gasteiger partial charge in [0.05, 0.1) is 11.1 Å². The molecule has 168 valence electrons. The van der Waals surface area contributed by atoms with Crippen LogP contribution < -0.4 is 15.0 Å². The van der Waals surface area contributed by atoms with Crippen molar-refractivity contribution < 1.29 is 50.2 Å². The quantitative estimate of drug-likeness (QED) is 0.487. The minimum absolute atomic E-state index is 0.0134. The Bertz CT molecular complexity index is 931. The van der Waals surface area contributed by atoms with Gasteiger partial charge in [0.25, 0.3) is 5.91 Å². The molecule has 2 aromatic rings. The maximum absolute atomic E-state index is 12.4. The lowest BCUT2D eigenvalue weighted by molar-refractivity contribution is -0.154. The van der Waals surface area contributed by atoms with E-state index in [0.717, 1.165) is 12.1 Å². The third-order valence-electron chi connectivity index (χ3n) is 3.31. The summed E-state index contributed by atoms with van der Waals surface area (Å²) in [6.45, 7) is -3.48. The van der Waals surface area contributed by atoms with E-state index in [-0.39, 0.29) is 5.56 Å². The van der Waals surface area contributed by atoms with Gasteiger partial charge in [-0.05, 0) is 42.5 Å². The maximum atomic E-state index is 12.4. The zero-order valence-electron chi connectivity index (χ0n) is 15.1. The second-order valence-corrected chi connectivity index (χ2v) is 6.23. The smallest absolute Gasteiger partial charge is 0.422 e. The largest absolute Gasteiger partial charge is 0.484 e. The lowest BCUT2D eigenvalue weighted by atomic mass is 10.2. The molecular weight excluding hydrogens is 460 g/mol. The normalized spacial score (nSPS) is 11.6. The van der Waals surface area contributed by atoms with Gasteiger partial charge in [0, 0.05) is 5.02 Å². The molecular formula is C18H12ClF6NO5. The molecule has 0 spiro atoms. The Balaban J connectivity index is 2.16. The summed E-state index contributed by atoms with van der Waals surface area (Å²) in [6.07, 6.45) is -9.44. The van der Waals surface area contributed by atoms with E-state index in [2.05, 4.69) is 14.3 Å². The van der Waals surface area contributed by atoms with Crippen molar-refractivity contribution in [3.05, 3.63) is 58.6 Å². The number of alkyl halides is 6. The van der Waals surface area contributed by atoms with Crippen LogP contribution in [0.2, 0.25) is 5.02 Å². The van der Waals surface area contributed by atoms with Crippen LogP contribution in [0, 0.1) is 0 Å². The van der Waals surface area contributed by atoms with E-state index < -0.39 is 54.5 Å². The Labute approximate surface area is 175 Å². The van der Waals surface area contributed by atoms with Crippen molar-refractivity contribution in [3.63, 3.8) is 0 Å². The average Bonchev–Trinajstić information content (AvgIpc) is 2.68. The summed E-state index contributed by atoms with van der Waals surface area (Å²) in [7, 11) is 0. The second kappa shape index (κ2) is 9.77. The van der Waals surface area contributed by atoms with Crippen LogP contribution in [0.25, 0.3) is 0 Å². The Hall–Kier alpha value is -3.15. The van der Waals surface area contributed by atoms with E-state index in [1.54, 1.807) is 5.48 Å². The molecule has 0 heterocycles. The predicted octanol–water partition coefficient (Wildman–Crippen LogP) is 4.72. The van der Waals surface area contributed by atoms with Crippen LogP contribution in [0.3, 0.4) is 0 Å². The Morgan fingerprint density at radius 3 is 2.03 bits per heavy atom. The lowest BCUT2D eigenvalue weighted by Crippen LogP contribution is -2.28. The first-order valence-corrected chi connectivity index (χ1v) is 8.52. The van der Waals surface area contributed by atoms with E-state index in [1.807, 2.05) is 0 Å². The first-order valence-electron chi connectivity index (χ1n) is 8.14. The molecule has 0 aliphatic rings. The number of hydroxylamine groups is 1. The van der Waals surface area contributed by atoms with E-state index in [9.17, 15) is 35.9 Å². The molecule has 0 unspecified atom stereocenters. The number of nitrogens with one attached hydrogen (secondary N) is 1. The zero-order chi connectivity index (χ0) is 23.2. The van der Waals surface area contributed by atoms with Crippen LogP contribution >= 0.6 is 11.6 Å². The molecule has 0 aliphatic carbocycles. The van der Waals surface area contributed by atoms with Gasteiger partial charge in [0.15, 0.2) is 13.2 Å². The minimum Gasteiger partial charge on any atom is -0.484 e. The number of hydrogen-bond acceptors (Lipinski definition) is 5. The number of ether oxygens (including phenoxy) is 2. The summed E-state index contributed by atoms with van der Waals surface area (Å²) < 4.78 is 83.2. The Morgan fingerprint density at radius 2 is 1.45 bits per heavy atom. The molecule has 0 aliphatic heterocycles. The molecule has 1 N–H and O–H groups in total. The van der Waals surface area contributed by atoms with Crippen LogP contribution in [0.15, 0.2) is 42.5 Å². The van der Waals surface area contributed by atoms with Crippen molar-refractivity contribution in [2.45, 2.75) is 12.4 Å². The molecule has 0 saturated carbocycles. The third-order valence-corrected chi connectivity index (χ3v) is 3.56. The molecule has 31 heavy (non-hydrogen) atoms. The van der Waals surface area contributed by atoms with Crippen LogP contribution in [0.5, 0.6) is 11.5 Å². The number of hydrogen-bond donors (Lipinski definition) is 1. The van der Waals surface area contributed by atoms with Crippen molar-refractivity contribution in [1.82, 2.24) is 5.48 Å². The summed E-state index contributed by atoms with van der Waals surface area (Å²) in [6, 6.07) is 7.69. The average molecular weight is 472 g/mol. The first kappa shape index (κ1) is 24.1. The van der Waals surface area contributed by atoms with E-state index in [1.165, 1.54) is 24.3 Å². The van der Waals surface area contributed by atoms with Crippen LogP contribution in [0.1, 0.15) is 20.7 Å². The number of halogens is 7. The van der Waals surface area contributed by atoms with Gasteiger partial charge in [-0.2, -0.15) is 31.8 Å². The van der Waals surface area contributed by atoms with Crippen molar-refractivity contribution in [2.75, 3.05) is 13.2 Å². The summed E-state index contributed by atoms with van der Waals surface area (Å²) >= 11 is 5.67. The van der Waals surface area contributed by atoms with E-state index in [0.29, 0.717) is 11.1 Å². The van der Waals surface area contributed by atoms with Crippen molar-refractivity contribution in [3.8, 4) is 11.5 Å². The highest BCUT2D eigenvalue weighted by atomic mass is 35.5. The van der Waals surface area contributed by atoms with Gasteiger partial charge in [0.1, 0.15) is 11.5 Å². The summed E-state index contributed by atoms with van der Waals surface area (Å²) in [5, 5.41) is 0.322. The van der Waals surface area contributed by atoms with Crippen molar-refractivity contribution in [2.24, 2.45) is 0 Å². The lowest BCUT2D eigenvalue weighted by Gasteiger charge is -2.15. The monoisotopic (exact) mass is 471 g/mol. The number of carbonyl (C=O) groups is 2. The van der Waals surface area contributed by atoms with Gasteiger partial charge < -0.3 is 14.3 Å². The van der Waals surface area contributed by atoms with Gasteiger partial charge >= 0.3 is 18.3 Å². The maximum Gasteiger partial charge on any atom is 0.422 e. The Morgan fingerprint density at radius 1 is 0.871 bits per heavy atom. The van der Waals surface area contributed by atoms with Crippen LogP contribution in [-0.2, 0) is 4.84 Å². The first-order chi connectivity index (χ1) is 14.3. The fourth-order valence-corrected chi connectivity index (χ4v) is 2.15. The van der Waals surface area contributed by atoms with E-state index >= 15 is 0 Å². The van der Waals surface area contributed by atoms with Crippen LogP contribution in [-0.4, -0.2) is 37.4 Å². The predicted molar refractivity (Wildman–Crippen MR) is 93.9 cm³/mol. The molecule has 2 rings (SSSR count). The Kier molecular flexibility index (Phi) is 7.60. The fraction of sp³-hybridized carbons (Fsp3) is 0.222. The molecule has 2 aromatic carbocycles. The summed E-state index contributed by atoms with van der Waals surface area (Å²) in [5.41, 5.74) is 1.02. The molecule has 0 aromatic heterocycles. The SMILES string of the molecule is O=C(ONC(=O)c1cc(OCC(F)(F)F)ccc1OCC(F)(F)F)c1ccc(Cl)cc1. The highest BCUT2D eigenvalue weighted by Gasteiger charge is 2.30. The van der Waals surface area contributed by atoms with Gasteiger partial charge in [-0.15, -0.1) is 0 Å². The van der Waals surface area contributed by atoms with Gasteiger partial charge in [-0.25, -0.2) is 4.79 Å². The number of amides is 1. The molecule has 1 amide bonds. The number of rotatable bonds is 6. The number of benzene rings is 2. The molecule has 0 saturated heterocycles. The summed E-state index contributed by atoms with van der Waals surface area (Å²) in [4.78, 5) is 28.7.